The van der Waals surface area contributed by atoms with Crippen molar-refractivity contribution in [1.82, 2.24) is 14.9 Å². The highest BCUT2D eigenvalue weighted by Gasteiger charge is 2.21. The predicted octanol–water partition coefficient (Wildman–Crippen LogP) is 1.95. The Labute approximate surface area is 127 Å². The van der Waals surface area contributed by atoms with E-state index in [2.05, 4.69) is 36.1 Å². The number of carbonyl (C=O) groups excluding carboxylic acids is 1. The third kappa shape index (κ3) is 4.31. The normalized spacial score (nSPS) is 10.6. The molecule has 1 aromatic heterocycles. The summed E-state index contributed by atoms with van der Waals surface area (Å²) in [5.74, 6) is 2.02. The third-order valence-electron chi connectivity index (χ3n) is 3.30. The number of aromatic nitrogens is 2. The van der Waals surface area contributed by atoms with Crippen molar-refractivity contribution in [2.45, 2.75) is 33.1 Å². The van der Waals surface area contributed by atoms with Gasteiger partial charge in [0, 0.05) is 33.3 Å². The molecule has 0 unspecified atom stereocenters. The minimum atomic E-state index is 0.0720. The van der Waals surface area contributed by atoms with Crippen LogP contribution in [-0.2, 0) is 4.79 Å². The summed E-state index contributed by atoms with van der Waals surface area (Å²) in [6.45, 7) is 7.45. The molecule has 6 nitrogen and oxygen atoms in total. The van der Waals surface area contributed by atoms with Gasteiger partial charge in [-0.15, -0.1) is 0 Å². The van der Waals surface area contributed by atoms with E-state index in [0.29, 0.717) is 6.54 Å². The van der Waals surface area contributed by atoms with Crippen LogP contribution < -0.4 is 10.2 Å². The highest BCUT2D eigenvalue weighted by molar-refractivity contribution is 5.81. The van der Waals surface area contributed by atoms with Crippen molar-refractivity contribution in [2.75, 3.05) is 44.4 Å². The fourth-order valence-corrected chi connectivity index (χ4v) is 2.20. The zero-order valence-electron chi connectivity index (χ0n) is 14.0. The molecule has 6 heteroatoms. The second-order valence-electron chi connectivity index (χ2n) is 5.57. The molecule has 0 radical (unpaired) electrons. The molecule has 0 bridgehead atoms. The first kappa shape index (κ1) is 17.2. The SMILES string of the molecule is CCCN(CC(=O)N(C)C)c1ncnc(NC)c1C(C)C. The van der Waals surface area contributed by atoms with Gasteiger partial charge in [-0.1, -0.05) is 20.8 Å². The van der Waals surface area contributed by atoms with Crippen LogP contribution in [0.5, 0.6) is 0 Å². The number of likely N-dealkylation sites (N-methyl/N-ethyl adjacent to an activating group) is 1. The quantitative estimate of drug-likeness (QED) is 0.832. The Hall–Kier alpha value is -1.85. The molecule has 0 saturated carbocycles. The van der Waals surface area contributed by atoms with Crippen LogP contribution in [0.2, 0.25) is 0 Å². The topological polar surface area (TPSA) is 61.4 Å². The minimum absolute atomic E-state index is 0.0720. The molecule has 0 fully saturated rings. The smallest absolute Gasteiger partial charge is 0.241 e. The molecule has 1 aromatic rings. The van der Waals surface area contributed by atoms with Gasteiger partial charge in [0.25, 0.3) is 0 Å². The summed E-state index contributed by atoms with van der Waals surface area (Å²) in [6.07, 6.45) is 2.51. The van der Waals surface area contributed by atoms with E-state index >= 15 is 0 Å². The van der Waals surface area contributed by atoms with Gasteiger partial charge in [-0.2, -0.15) is 0 Å². The van der Waals surface area contributed by atoms with E-state index < -0.39 is 0 Å². The van der Waals surface area contributed by atoms with Gasteiger partial charge < -0.3 is 15.1 Å². The number of carbonyl (C=O) groups is 1. The van der Waals surface area contributed by atoms with E-state index in [0.717, 1.165) is 30.2 Å². The van der Waals surface area contributed by atoms with Crippen molar-refractivity contribution in [3.05, 3.63) is 11.9 Å². The Balaban J connectivity index is 3.21. The van der Waals surface area contributed by atoms with Crippen molar-refractivity contribution in [1.29, 1.82) is 0 Å². The molecule has 1 rings (SSSR count). The Morgan fingerprint density at radius 2 is 2.00 bits per heavy atom. The van der Waals surface area contributed by atoms with E-state index in [1.807, 2.05) is 11.9 Å². The third-order valence-corrected chi connectivity index (χ3v) is 3.30. The lowest BCUT2D eigenvalue weighted by Crippen LogP contribution is -2.38. The average molecular weight is 293 g/mol. The van der Waals surface area contributed by atoms with Crippen LogP contribution in [-0.4, -0.2) is 55.0 Å². The maximum Gasteiger partial charge on any atom is 0.241 e. The Bertz CT molecular complexity index is 473. The van der Waals surface area contributed by atoms with Gasteiger partial charge in [-0.25, -0.2) is 9.97 Å². The number of amides is 1. The van der Waals surface area contributed by atoms with Crippen LogP contribution >= 0.6 is 0 Å². The van der Waals surface area contributed by atoms with Crippen LogP contribution in [0.3, 0.4) is 0 Å². The zero-order chi connectivity index (χ0) is 16.0. The molecule has 0 aliphatic rings. The lowest BCUT2D eigenvalue weighted by Gasteiger charge is -2.28. The van der Waals surface area contributed by atoms with Crippen LogP contribution in [0.25, 0.3) is 0 Å². The summed E-state index contributed by atoms with van der Waals surface area (Å²) in [6, 6.07) is 0. The second-order valence-corrected chi connectivity index (χ2v) is 5.57. The predicted molar refractivity (Wildman–Crippen MR) is 86.9 cm³/mol. The summed E-state index contributed by atoms with van der Waals surface area (Å²) in [7, 11) is 5.40. The second kappa shape index (κ2) is 7.81. The van der Waals surface area contributed by atoms with E-state index in [9.17, 15) is 4.79 Å². The van der Waals surface area contributed by atoms with Gasteiger partial charge in [0.05, 0.1) is 6.54 Å². The summed E-state index contributed by atoms with van der Waals surface area (Å²) in [5, 5.41) is 3.12. The Morgan fingerprint density at radius 3 is 2.48 bits per heavy atom. The Morgan fingerprint density at radius 1 is 1.33 bits per heavy atom. The van der Waals surface area contributed by atoms with Gasteiger partial charge in [0.15, 0.2) is 0 Å². The molecule has 1 heterocycles. The first-order valence-electron chi connectivity index (χ1n) is 7.40. The van der Waals surface area contributed by atoms with Gasteiger partial charge in [0.1, 0.15) is 18.0 Å². The monoisotopic (exact) mass is 293 g/mol. The van der Waals surface area contributed by atoms with Crippen molar-refractivity contribution < 1.29 is 4.79 Å². The fraction of sp³-hybridized carbons (Fsp3) is 0.667. The van der Waals surface area contributed by atoms with Crippen molar-refractivity contribution in [3.8, 4) is 0 Å². The number of anilines is 2. The van der Waals surface area contributed by atoms with E-state index in [-0.39, 0.29) is 11.8 Å². The van der Waals surface area contributed by atoms with Gasteiger partial charge in [-0.05, 0) is 12.3 Å². The van der Waals surface area contributed by atoms with Crippen LogP contribution in [0.4, 0.5) is 11.6 Å². The highest BCUT2D eigenvalue weighted by atomic mass is 16.2. The summed E-state index contributed by atoms with van der Waals surface area (Å²) in [4.78, 5) is 24.4. The molecule has 0 aliphatic heterocycles. The van der Waals surface area contributed by atoms with Crippen LogP contribution in [0.1, 0.15) is 38.7 Å². The minimum Gasteiger partial charge on any atom is -0.373 e. The Kier molecular flexibility index (Phi) is 6.39. The molecule has 0 saturated heterocycles. The van der Waals surface area contributed by atoms with Crippen molar-refractivity contribution in [3.63, 3.8) is 0 Å². The first-order chi connectivity index (χ1) is 9.92. The van der Waals surface area contributed by atoms with Crippen LogP contribution in [0.15, 0.2) is 6.33 Å². The number of nitrogens with one attached hydrogen (secondary N) is 1. The molecule has 118 valence electrons. The molecule has 1 N–H and O–H groups in total. The number of rotatable bonds is 7. The van der Waals surface area contributed by atoms with Crippen molar-refractivity contribution in [2.24, 2.45) is 0 Å². The summed E-state index contributed by atoms with van der Waals surface area (Å²) < 4.78 is 0. The van der Waals surface area contributed by atoms with E-state index in [1.54, 1.807) is 25.3 Å². The largest absolute Gasteiger partial charge is 0.373 e. The standard InChI is InChI=1S/C15H27N5O/c1-7-8-20(9-12(21)19(5)6)15-13(11(2)3)14(16-4)17-10-18-15/h10-11H,7-9H2,1-6H3,(H,16,17,18). The molecule has 0 atom stereocenters. The first-order valence-corrected chi connectivity index (χ1v) is 7.40. The van der Waals surface area contributed by atoms with Crippen LogP contribution in [0, 0.1) is 0 Å². The molecule has 0 spiro atoms. The number of nitrogens with zero attached hydrogens (tertiary/aromatic N) is 4. The molecule has 1 amide bonds. The maximum absolute atomic E-state index is 12.1. The summed E-state index contributed by atoms with van der Waals surface area (Å²) in [5.41, 5.74) is 1.06. The molecule has 21 heavy (non-hydrogen) atoms. The maximum atomic E-state index is 12.1. The van der Waals surface area contributed by atoms with E-state index in [4.69, 9.17) is 0 Å². The number of hydrogen-bond acceptors (Lipinski definition) is 5. The summed E-state index contributed by atoms with van der Waals surface area (Å²) >= 11 is 0. The lowest BCUT2D eigenvalue weighted by atomic mass is 10.0. The molecule has 0 aliphatic carbocycles. The zero-order valence-corrected chi connectivity index (χ0v) is 14.0. The lowest BCUT2D eigenvalue weighted by molar-refractivity contribution is -0.127. The van der Waals surface area contributed by atoms with Crippen molar-refractivity contribution >= 4 is 17.5 Å². The highest BCUT2D eigenvalue weighted by Crippen LogP contribution is 2.30. The van der Waals surface area contributed by atoms with Gasteiger partial charge in [-0.3, -0.25) is 4.79 Å². The molecular weight excluding hydrogens is 266 g/mol. The molecule has 0 aromatic carbocycles. The van der Waals surface area contributed by atoms with Gasteiger partial charge in [0.2, 0.25) is 5.91 Å². The number of hydrogen-bond donors (Lipinski definition) is 1. The average Bonchev–Trinajstić information content (AvgIpc) is 2.45. The fourth-order valence-electron chi connectivity index (χ4n) is 2.20. The molecular formula is C15H27N5O. The van der Waals surface area contributed by atoms with E-state index in [1.165, 1.54) is 0 Å². The van der Waals surface area contributed by atoms with Gasteiger partial charge >= 0.3 is 0 Å².